The summed E-state index contributed by atoms with van der Waals surface area (Å²) in [5.74, 6) is -1.59. The van der Waals surface area contributed by atoms with Crippen LogP contribution >= 0.6 is 0 Å². The summed E-state index contributed by atoms with van der Waals surface area (Å²) in [7, 11) is 0. The molecule has 3 aromatic rings. The Kier molecular flexibility index (Phi) is 10.9. The van der Waals surface area contributed by atoms with Crippen LogP contribution in [-0.4, -0.2) is 21.1 Å². The maximum atomic E-state index is 15.3. The van der Waals surface area contributed by atoms with Crippen molar-refractivity contribution in [2.75, 3.05) is 0 Å². The van der Waals surface area contributed by atoms with Crippen LogP contribution in [-0.2, 0) is 12.3 Å². The first-order valence-electron chi connectivity index (χ1n) is 16.5. The normalized spacial score (nSPS) is 17.3. The first-order valence-corrected chi connectivity index (χ1v) is 16.5. The van der Waals surface area contributed by atoms with E-state index in [4.69, 9.17) is 4.74 Å². The van der Waals surface area contributed by atoms with Crippen molar-refractivity contribution in [1.82, 2.24) is 15.0 Å². The number of aromatic nitrogens is 3. The van der Waals surface area contributed by atoms with Crippen molar-refractivity contribution in [3.63, 3.8) is 0 Å². The number of hydrogen-bond acceptors (Lipinski definition) is 4. The molecule has 5 rings (SSSR count). The molecule has 1 unspecified atom stereocenters. The molecule has 2 aromatic heterocycles. The van der Waals surface area contributed by atoms with E-state index in [9.17, 15) is 0 Å². The highest BCUT2D eigenvalue weighted by molar-refractivity contribution is 5.63. The minimum absolute atomic E-state index is 0.173. The SMILES string of the molecule is CCCCCCCc1ccc(-c2cnc(-c3ccc4c(n3)C(F)(F)C(CCCCCCCCCC3CC3)O4)nc2)cc1. The van der Waals surface area contributed by atoms with E-state index in [0.717, 1.165) is 42.7 Å². The molecule has 0 radical (unpaired) electrons. The van der Waals surface area contributed by atoms with Crippen molar-refractivity contribution < 1.29 is 13.5 Å². The largest absolute Gasteiger partial charge is 0.482 e. The zero-order chi connectivity index (χ0) is 29.2. The third-order valence-corrected chi connectivity index (χ3v) is 8.86. The summed E-state index contributed by atoms with van der Waals surface area (Å²) in [5, 5.41) is 0. The standard InChI is InChI=1S/C36H47F2N3O/c1-2-3-4-8-11-15-28-19-21-29(22-20-28)30-25-39-35(40-26-30)31-23-24-32-34(41-31)36(37,38)33(42-32)16-13-10-7-5-6-9-12-14-27-17-18-27/h19-27,33H,2-18H2,1H3. The number of fused-ring (bicyclic) bond motifs is 1. The summed E-state index contributed by atoms with van der Waals surface area (Å²) in [5.41, 5.74) is 3.31. The van der Waals surface area contributed by atoms with E-state index >= 15 is 8.78 Å². The Bertz CT molecular complexity index is 1240. The molecule has 1 aliphatic heterocycles. The lowest BCUT2D eigenvalue weighted by Gasteiger charge is -2.17. The fraction of sp³-hybridized carbons (Fsp3) is 0.583. The third-order valence-electron chi connectivity index (χ3n) is 8.86. The molecule has 0 saturated heterocycles. The number of ether oxygens (including phenoxy) is 1. The Balaban J connectivity index is 1.09. The number of rotatable bonds is 18. The van der Waals surface area contributed by atoms with E-state index in [0.29, 0.717) is 17.9 Å². The van der Waals surface area contributed by atoms with Gasteiger partial charge in [0.1, 0.15) is 11.4 Å². The summed E-state index contributed by atoms with van der Waals surface area (Å²) >= 11 is 0. The van der Waals surface area contributed by atoms with E-state index in [1.165, 1.54) is 82.6 Å². The first kappa shape index (κ1) is 30.6. The van der Waals surface area contributed by atoms with E-state index in [2.05, 4.69) is 46.1 Å². The molecular weight excluding hydrogens is 528 g/mol. The highest BCUT2D eigenvalue weighted by Gasteiger charge is 2.52. The van der Waals surface area contributed by atoms with Crippen molar-refractivity contribution in [3.8, 4) is 28.4 Å². The maximum Gasteiger partial charge on any atom is 0.329 e. The van der Waals surface area contributed by atoms with Gasteiger partial charge in [0.2, 0.25) is 0 Å². The Morgan fingerprint density at radius 1 is 0.738 bits per heavy atom. The van der Waals surface area contributed by atoms with E-state index in [-0.39, 0.29) is 11.4 Å². The van der Waals surface area contributed by atoms with Gasteiger partial charge in [0, 0.05) is 18.0 Å². The van der Waals surface area contributed by atoms with Gasteiger partial charge in [-0.05, 0) is 54.9 Å². The molecule has 226 valence electrons. The molecule has 1 aromatic carbocycles. The second kappa shape index (κ2) is 15.0. The number of nitrogens with zero attached hydrogens (tertiary/aromatic N) is 3. The quantitative estimate of drug-likeness (QED) is 0.142. The number of benzene rings is 1. The van der Waals surface area contributed by atoms with Crippen LogP contribution in [0.2, 0.25) is 0 Å². The van der Waals surface area contributed by atoms with Crippen molar-refractivity contribution >= 4 is 0 Å². The van der Waals surface area contributed by atoms with E-state index in [1.807, 2.05) is 0 Å². The summed E-state index contributed by atoms with van der Waals surface area (Å²) in [4.78, 5) is 13.2. The first-order chi connectivity index (χ1) is 20.5. The summed E-state index contributed by atoms with van der Waals surface area (Å²) in [6, 6.07) is 11.8. The van der Waals surface area contributed by atoms with Crippen LogP contribution in [0.25, 0.3) is 22.6 Å². The molecule has 1 fully saturated rings. The lowest BCUT2D eigenvalue weighted by atomic mass is 10.0. The van der Waals surface area contributed by atoms with Gasteiger partial charge >= 0.3 is 5.92 Å². The highest BCUT2D eigenvalue weighted by atomic mass is 19.3. The number of halogens is 2. The molecule has 1 saturated carbocycles. The highest BCUT2D eigenvalue weighted by Crippen LogP contribution is 2.46. The average molecular weight is 576 g/mol. The lowest BCUT2D eigenvalue weighted by molar-refractivity contribution is -0.0818. The van der Waals surface area contributed by atoms with Crippen LogP contribution < -0.4 is 4.74 Å². The molecule has 0 bridgehead atoms. The van der Waals surface area contributed by atoms with E-state index in [1.54, 1.807) is 24.5 Å². The zero-order valence-electron chi connectivity index (χ0n) is 25.3. The van der Waals surface area contributed by atoms with Gasteiger partial charge in [0.15, 0.2) is 17.6 Å². The van der Waals surface area contributed by atoms with Crippen LogP contribution in [0.1, 0.15) is 121 Å². The second-order valence-electron chi connectivity index (χ2n) is 12.4. The van der Waals surface area contributed by atoms with Gasteiger partial charge in [0.25, 0.3) is 0 Å². The smallest absolute Gasteiger partial charge is 0.329 e. The van der Waals surface area contributed by atoms with Crippen LogP contribution in [0, 0.1) is 5.92 Å². The molecule has 4 nitrogen and oxygen atoms in total. The molecular formula is C36H47F2N3O. The maximum absolute atomic E-state index is 15.3. The molecule has 1 atom stereocenters. The van der Waals surface area contributed by atoms with Gasteiger partial charge in [-0.15, -0.1) is 0 Å². The van der Waals surface area contributed by atoms with Gasteiger partial charge in [-0.2, -0.15) is 8.78 Å². The van der Waals surface area contributed by atoms with Crippen molar-refractivity contribution in [2.45, 2.75) is 128 Å². The number of aryl methyl sites for hydroxylation is 1. The predicted octanol–water partition coefficient (Wildman–Crippen LogP) is 10.5. The van der Waals surface area contributed by atoms with Gasteiger partial charge in [0.05, 0.1) is 0 Å². The van der Waals surface area contributed by atoms with Gasteiger partial charge in [-0.25, -0.2) is 15.0 Å². The van der Waals surface area contributed by atoms with Crippen LogP contribution in [0.5, 0.6) is 5.75 Å². The fourth-order valence-electron chi connectivity index (χ4n) is 5.98. The Hall–Kier alpha value is -2.89. The Morgan fingerprint density at radius 3 is 2.07 bits per heavy atom. The average Bonchev–Trinajstić information content (AvgIpc) is 3.80. The second-order valence-corrected chi connectivity index (χ2v) is 12.4. The Labute approximate surface area is 250 Å². The number of unbranched alkanes of at least 4 members (excludes halogenated alkanes) is 10. The summed E-state index contributed by atoms with van der Waals surface area (Å²) < 4.78 is 36.3. The van der Waals surface area contributed by atoms with Gasteiger partial charge in [-0.3, -0.25) is 0 Å². The van der Waals surface area contributed by atoms with Crippen molar-refractivity contribution in [3.05, 3.63) is 60.0 Å². The minimum atomic E-state index is -3.12. The number of alkyl halides is 2. The summed E-state index contributed by atoms with van der Waals surface area (Å²) in [6.45, 7) is 2.24. The molecule has 2 aliphatic rings. The number of pyridine rings is 1. The van der Waals surface area contributed by atoms with Gasteiger partial charge < -0.3 is 4.74 Å². The minimum Gasteiger partial charge on any atom is -0.482 e. The molecule has 0 amide bonds. The summed E-state index contributed by atoms with van der Waals surface area (Å²) in [6.07, 6.45) is 22.3. The predicted molar refractivity (Wildman–Crippen MR) is 166 cm³/mol. The monoisotopic (exact) mass is 575 g/mol. The van der Waals surface area contributed by atoms with Crippen molar-refractivity contribution in [2.24, 2.45) is 5.92 Å². The van der Waals surface area contributed by atoms with Crippen LogP contribution in [0.3, 0.4) is 0 Å². The molecule has 3 heterocycles. The topological polar surface area (TPSA) is 47.9 Å². The van der Waals surface area contributed by atoms with Gasteiger partial charge in [-0.1, -0.05) is 115 Å². The zero-order valence-corrected chi connectivity index (χ0v) is 25.3. The van der Waals surface area contributed by atoms with Crippen LogP contribution in [0.4, 0.5) is 8.78 Å². The van der Waals surface area contributed by atoms with Crippen molar-refractivity contribution in [1.29, 1.82) is 0 Å². The number of hydrogen-bond donors (Lipinski definition) is 0. The molecule has 0 N–H and O–H groups in total. The fourth-order valence-corrected chi connectivity index (χ4v) is 5.98. The molecule has 1 aliphatic carbocycles. The van der Waals surface area contributed by atoms with E-state index < -0.39 is 12.0 Å². The Morgan fingerprint density at radius 2 is 1.38 bits per heavy atom. The molecule has 42 heavy (non-hydrogen) atoms. The third kappa shape index (κ3) is 8.35. The lowest BCUT2D eigenvalue weighted by Crippen LogP contribution is -2.30. The van der Waals surface area contributed by atoms with Crippen LogP contribution in [0.15, 0.2) is 48.8 Å². The molecule has 0 spiro atoms. The molecule has 6 heteroatoms.